The van der Waals surface area contributed by atoms with Crippen LogP contribution in [0.2, 0.25) is 0 Å². The van der Waals surface area contributed by atoms with Crippen molar-refractivity contribution in [1.29, 1.82) is 0 Å². The Morgan fingerprint density at radius 2 is 1.96 bits per heavy atom. The predicted octanol–water partition coefficient (Wildman–Crippen LogP) is 3.67. The molecule has 2 N–H and O–H groups in total. The number of benzene rings is 1. The van der Waals surface area contributed by atoms with Gasteiger partial charge in [0.15, 0.2) is 0 Å². The summed E-state index contributed by atoms with van der Waals surface area (Å²) < 4.78 is 11.0. The molecule has 5 nitrogen and oxygen atoms in total. The molecule has 4 atom stereocenters. The molecule has 1 aromatic carbocycles. The van der Waals surface area contributed by atoms with E-state index in [0.29, 0.717) is 18.9 Å². The normalized spacial score (nSPS) is 22.8. The minimum atomic E-state index is -0.686. The minimum Gasteiger partial charge on any atom is -0.444 e. The van der Waals surface area contributed by atoms with E-state index >= 15 is 0 Å². The first kappa shape index (κ1) is 19.7. The van der Waals surface area contributed by atoms with Gasteiger partial charge in [-0.3, -0.25) is 0 Å². The Hall–Kier alpha value is -1.59. The summed E-state index contributed by atoms with van der Waals surface area (Å²) in [4.78, 5) is 12.2. The van der Waals surface area contributed by atoms with Gasteiger partial charge in [-0.05, 0) is 38.7 Å². The first-order valence-electron chi connectivity index (χ1n) is 9.01. The maximum absolute atomic E-state index is 12.2. The van der Waals surface area contributed by atoms with Crippen molar-refractivity contribution in [3.05, 3.63) is 35.9 Å². The summed E-state index contributed by atoms with van der Waals surface area (Å²) in [5.74, 6) is 0.298. The standard InChI is InChI=1S/C20H31NO4/c1-13(2)11-16(21-19(23)25-20(3,4)5)17(22)15-12-24-18(15)14-9-7-6-8-10-14/h6-10,13,15-18,22H,11-12H2,1-5H3,(H,21,23)/t15-,16+,17+,18-/m1/s1. The first-order chi connectivity index (χ1) is 11.7. The summed E-state index contributed by atoms with van der Waals surface area (Å²) in [5, 5.41) is 13.8. The zero-order chi connectivity index (χ0) is 18.6. The molecular formula is C20H31NO4. The van der Waals surface area contributed by atoms with Gasteiger partial charge in [-0.1, -0.05) is 44.2 Å². The van der Waals surface area contributed by atoms with Crippen LogP contribution in [0.5, 0.6) is 0 Å². The number of amides is 1. The lowest BCUT2D eigenvalue weighted by atomic mass is 9.82. The third kappa shape index (κ3) is 5.72. The SMILES string of the molecule is CC(C)C[C@H](NC(=O)OC(C)(C)C)[C@@H](O)[C@H]1CO[C@@H]1c1ccccc1. The monoisotopic (exact) mass is 349 g/mol. The molecule has 0 aliphatic carbocycles. The maximum Gasteiger partial charge on any atom is 0.407 e. The summed E-state index contributed by atoms with van der Waals surface area (Å²) in [6.07, 6.45) is -0.632. The van der Waals surface area contributed by atoms with Crippen molar-refractivity contribution in [2.75, 3.05) is 6.61 Å². The molecule has 0 aromatic heterocycles. The second-order valence-corrected chi connectivity index (χ2v) is 8.20. The Morgan fingerprint density at radius 3 is 2.44 bits per heavy atom. The second-order valence-electron chi connectivity index (χ2n) is 8.20. The number of hydrogen-bond acceptors (Lipinski definition) is 4. The van der Waals surface area contributed by atoms with Crippen molar-refractivity contribution in [2.45, 2.75) is 64.9 Å². The molecule has 0 spiro atoms. The Balaban J connectivity index is 2.05. The molecule has 1 saturated heterocycles. The first-order valence-corrected chi connectivity index (χ1v) is 9.01. The number of hydrogen-bond donors (Lipinski definition) is 2. The van der Waals surface area contributed by atoms with Crippen LogP contribution >= 0.6 is 0 Å². The largest absolute Gasteiger partial charge is 0.444 e. The van der Waals surface area contributed by atoms with Crippen molar-refractivity contribution in [3.63, 3.8) is 0 Å². The highest BCUT2D eigenvalue weighted by Crippen LogP contribution is 2.39. The number of rotatable bonds is 6. The van der Waals surface area contributed by atoms with Crippen molar-refractivity contribution >= 4 is 6.09 Å². The Morgan fingerprint density at radius 1 is 1.32 bits per heavy atom. The van der Waals surface area contributed by atoms with Crippen LogP contribution in [-0.4, -0.2) is 35.6 Å². The molecule has 0 saturated carbocycles. The number of nitrogens with one attached hydrogen (secondary N) is 1. The van der Waals surface area contributed by atoms with E-state index < -0.39 is 17.8 Å². The van der Waals surface area contributed by atoms with Crippen LogP contribution < -0.4 is 5.32 Å². The lowest BCUT2D eigenvalue weighted by molar-refractivity contribution is -0.168. The molecule has 0 bridgehead atoms. The van der Waals surface area contributed by atoms with E-state index in [9.17, 15) is 9.90 Å². The van der Waals surface area contributed by atoms with Gasteiger partial charge in [-0.15, -0.1) is 0 Å². The number of alkyl carbamates (subject to hydrolysis) is 1. The van der Waals surface area contributed by atoms with Gasteiger partial charge in [-0.2, -0.15) is 0 Å². The molecule has 1 aliphatic rings. The van der Waals surface area contributed by atoms with Gasteiger partial charge in [0, 0.05) is 5.92 Å². The van der Waals surface area contributed by atoms with Gasteiger partial charge in [0.05, 0.1) is 24.9 Å². The molecule has 1 amide bonds. The van der Waals surface area contributed by atoms with Crippen molar-refractivity contribution < 1.29 is 19.4 Å². The molecule has 5 heteroatoms. The van der Waals surface area contributed by atoms with Crippen molar-refractivity contribution in [3.8, 4) is 0 Å². The highest BCUT2D eigenvalue weighted by molar-refractivity contribution is 5.68. The number of aliphatic hydroxyl groups is 1. The third-order valence-corrected chi connectivity index (χ3v) is 4.26. The molecule has 140 valence electrons. The van der Waals surface area contributed by atoms with E-state index in [0.717, 1.165) is 5.56 Å². The van der Waals surface area contributed by atoms with Crippen LogP contribution in [-0.2, 0) is 9.47 Å². The van der Waals surface area contributed by atoms with E-state index in [1.807, 2.05) is 51.1 Å². The fourth-order valence-corrected chi connectivity index (χ4v) is 3.12. The zero-order valence-electron chi connectivity index (χ0n) is 15.9. The average Bonchev–Trinajstić information content (AvgIpc) is 2.44. The summed E-state index contributed by atoms with van der Waals surface area (Å²) in [7, 11) is 0. The lowest BCUT2D eigenvalue weighted by Crippen LogP contribution is -2.53. The topological polar surface area (TPSA) is 67.8 Å². The van der Waals surface area contributed by atoms with Gasteiger partial charge in [0.2, 0.25) is 0 Å². The molecule has 2 rings (SSSR count). The van der Waals surface area contributed by atoms with E-state index in [1.54, 1.807) is 0 Å². The molecule has 1 aliphatic heterocycles. The minimum absolute atomic E-state index is 0.0407. The quantitative estimate of drug-likeness (QED) is 0.822. The van der Waals surface area contributed by atoms with Gasteiger partial charge in [0.1, 0.15) is 5.60 Å². The molecule has 1 aromatic rings. The van der Waals surface area contributed by atoms with Crippen molar-refractivity contribution in [1.82, 2.24) is 5.32 Å². The Kier molecular flexibility index (Phi) is 6.47. The van der Waals surface area contributed by atoms with E-state index in [4.69, 9.17) is 9.47 Å². The predicted molar refractivity (Wildman–Crippen MR) is 97.2 cm³/mol. The van der Waals surface area contributed by atoms with E-state index in [-0.39, 0.29) is 18.1 Å². The van der Waals surface area contributed by atoms with Crippen molar-refractivity contribution in [2.24, 2.45) is 11.8 Å². The number of carbonyl (C=O) groups excluding carboxylic acids is 1. The van der Waals surface area contributed by atoms with Crippen LogP contribution in [0.25, 0.3) is 0 Å². The third-order valence-electron chi connectivity index (χ3n) is 4.26. The number of aliphatic hydroxyl groups excluding tert-OH is 1. The van der Waals surface area contributed by atoms with E-state index in [2.05, 4.69) is 19.2 Å². The molecule has 1 fully saturated rings. The van der Waals surface area contributed by atoms with Crippen LogP contribution in [0.4, 0.5) is 4.79 Å². The maximum atomic E-state index is 12.2. The molecule has 25 heavy (non-hydrogen) atoms. The number of carbonyl (C=O) groups is 1. The Labute approximate surface area is 150 Å². The number of ether oxygens (including phenoxy) is 2. The molecule has 0 unspecified atom stereocenters. The van der Waals surface area contributed by atoms with E-state index in [1.165, 1.54) is 0 Å². The molecule has 0 radical (unpaired) electrons. The van der Waals surface area contributed by atoms with Crippen LogP contribution in [0, 0.1) is 11.8 Å². The summed E-state index contributed by atoms with van der Waals surface area (Å²) in [6.45, 7) is 10.1. The summed E-state index contributed by atoms with van der Waals surface area (Å²) in [6, 6.07) is 9.52. The average molecular weight is 349 g/mol. The second kappa shape index (κ2) is 8.19. The fourth-order valence-electron chi connectivity index (χ4n) is 3.12. The highest BCUT2D eigenvalue weighted by atomic mass is 16.6. The smallest absolute Gasteiger partial charge is 0.407 e. The molecular weight excluding hydrogens is 318 g/mol. The summed E-state index contributed by atoms with van der Waals surface area (Å²) >= 11 is 0. The van der Waals surface area contributed by atoms with Crippen LogP contribution in [0.15, 0.2) is 30.3 Å². The summed E-state index contributed by atoms with van der Waals surface area (Å²) in [5.41, 5.74) is 0.488. The Bertz CT molecular complexity index is 553. The highest BCUT2D eigenvalue weighted by Gasteiger charge is 2.42. The fraction of sp³-hybridized carbons (Fsp3) is 0.650. The zero-order valence-corrected chi connectivity index (χ0v) is 15.9. The van der Waals surface area contributed by atoms with Gasteiger partial charge in [-0.25, -0.2) is 4.79 Å². The van der Waals surface area contributed by atoms with Gasteiger partial charge >= 0.3 is 6.09 Å². The van der Waals surface area contributed by atoms with Gasteiger partial charge < -0.3 is 19.9 Å². The van der Waals surface area contributed by atoms with Crippen LogP contribution in [0.1, 0.15) is 52.7 Å². The lowest BCUT2D eigenvalue weighted by Gasteiger charge is -2.43. The van der Waals surface area contributed by atoms with Crippen LogP contribution in [0.3, 0.4) is 0 Å². The van der Waals surface area contributed by atoms with Gasteiger partial charge in [0.25, 0.3) is 0 Å². The molecule has 1 heterocycles.